The first kappa shape index (κ1) is 17.3. The largest absolute Gasteiger partial charge is 0.482 e. The second kappa shape index (κ2) is 6.99. The van der Waals surface area contributed by atoms with Gasteiger partial charge in [-0.05, 0) is 25.5 Å². The van der Waals surface area contributed by atoms with Gasteiger partial charge in [-0.25, -0.2) is 13.2 Å². The molecule has 23 heavy (non-hydrogen) atoms. The Kier molecular flexibility index (Phi) is 5.25. The van der Waals surface area contributed by atoms with Gasteiger partial charge in [0.05, 0.1) is 17.0 Å². The van der Waals surface area contributed by atoms with Gasteiger partial charge in [-0.15, -0.1) is 0 Å². The van der Waals surface area contributed by atoms with Gasteiger partial charge in [-0.3, -0.25) is 4.79 Å². The van der Waals surface area contributed by atoms with Gasteiger partial charge in [0.1, 0.15) is 5.75 Å². The Morgan fingerprint density at radius 3 is 2.52 bits per heavy atom. The van der Waals surface area contributed by atoms with Crippen LogP contribution in [-0.2, 0) is 24.2 Å². The smallest absolute Gasteiger partial charge is 0.344 e. The highest BCUT2D eigenvalue weighted by Gasteiger charge is 2.39. The number of hydrogen-bond donors (Lipinski definition) is 1. The van der Waals surface area contributed by atoms with Crippen LogP contribution in [0.2, 0.25) is 0 Å². The summed E-state index contributed by atoms with van der Waals surface area (Å²) in [6, 6.07) is 8.75. The van der Waals surface area contributed by atoms with Crippen LogP contribution in [0.15, 0.2) is 30.3 Å². The van der Waals surface area contributed by atoms with Gasteiger partial charge >= 0.3 is 5.97 Å². The molecule has 7 nitrogen and oxygen atoms in total. The second-order valence-corrected chi connectivity index (χ2v) is 7.90. The lowest BCUT2D eigenvalue weighted by atomic mass is 10.0. The molecule has 0 unspecified atom stereocenters. The molecule has 1 aliphatic heterocycles. The van der Waals surface area contributed by atoms with Crippen molar-refractivity contribution >= 4 is 21.7 Å². The van der Waals surface area contributed by atoms with Crippen LogP contribution >= 0.6 is 0 Å². The van der Waals surface area contributed by atoms with Crippen molar-refractivity contribution in [3.63, 3.8) is 0 Å². The van der Waals surface area contributed by atoms with Crippen molar-refractivity contribution < 1.29 is 27.5 Å². The van der Waals surface area contributed by atoms with Crippen LogP contribution in [0.5, 0.6) is 5.75 Å². The highest BCUT2D eigenvalue weighted by atomic mass is 32.2. The Morgan fingerprint density at radius 2 is 1.91 bits per heavy atom. The molecule has 0 aliphatic carbocycles. The molecule has 1 aromatic carbocycles. The first-order valence-corrected chi connectivity index (χ1v) is 8.95. The summed E-state index contributed by atoms with van der Waals surface area (Å²) in [6.45, 7) is 0.894. The van der Waals surface area contributed by atoms with Gasteiger partial charge in [0.15, 0.2) is 23.1 Å². The fourth-order valence-electron chi connectivity index (χ4n) is 2.33. The molecule has 1 atom stereocenters. The summed E-state index contributed by atoms with van der Waals surface area (Å²) in [5.41, 5.74) is -0.803. The predicted octanol–water partition coefficient (Wildman–Crippen LogP) is 0.302. The van der Waals surface area contributed by atoms with E-state index in [1.165, 1.54) is 0 Å². The lowest BCUT2D eigenvalue weighted by Crippen LogP contribution is -2.48. The molecule has 1 aromatic rings. The van der Waals surface area contributed by atoms with Crippen molar-refractivity contribution in [3.05, 3.63) is 30.3 Å². The minimum absolute atomic E-state index is 0.0501. The van der Waals surface area contributed by atoms with Gasteiger partial charge in [-0.2, -0.15) is 0 Å². The van der Waals surface area contributed by atoms with Gasteiger partial charge in [0, 0.05) is 0 Å². The van der Waals surface area contributed by atoms with Gasteiger partial charge in [0.25, 0.3) is 5.91 Å². The van der Waals surface area contributed by atoms with Crippen LogP contribution < -0.4 is 10.1 Å². The maximum atomic E-state index is 11.8. The third-order valence-electron chi connectivity index (χ3n) is 3.41. The molecule has 0 saturated carbocycles. The van der Waals surface area contributed by atoms with Crippen LogP contribution in [0.3, 0.4) is 0 Å². The summed E-state index contributed by atoms with van der Waals surface area (Å²) in [6.07, 6.45) is 0.353. The Bertz CT molecular complexity index is 672. The number of hydrogen-bond acceptors (Lipinski definition) is 6. The molecule has 0 bridgehead atoms. The molecule has 8 heteroatoms. The highest BCUT2D eigenvalue weighted by Crippen LogP contribution is 2.22. The van der Waals surface area contributed by atoms with E-state index in [2.05, 4.69) is 5.32 Å². The zero-order chi connectivity index (χ0) is 16.9. The number of rotatable bonds is 6. The zero-order valence-corrected chi connectivity index (χ0v) is 13.6. The third-order valence-corrected chi connectivity index (χ3v) is 5.31. The number of nitrogens with one attached hydrogen (secondary N) is 1. The fraction of sp³-hybridized carbons (Fsp3) is 0.467. The van der Waals surface area contributed by atoms with Crippen molar-refractivity contribution in [1.29, 1.82) is 0 Å². The van der Waals surface area contributed by atoms with Crippen molar-refractivity contribution in [2.45, 2.75) is 18.9 Å². The van der Waals surface area contributed by atoms with E-state index >= 15 is 0 Å². The molecule has 0 aromatic heterocycles. The van der Waals surface area contributed by atoms with E-state index in [0.717, 1.165) is 0 Å². The Hall–Kier alpha value is -2.09. The van der Waals surface area contributed by atoms with Crippen LogP contribution in [0.25, 0.3) is 0 Å². The summed E-state index contributed by atoms with van der Waals surface area (Å²) < 4.78 is 32.9. The molecule has 126 valence electrons. The number of benzene rings is 1. The van der Waals surface area contributed by atoms with E-state index in [9.17, 15) is 18.0 Å². The number of carbonyl (C=O) groups excluding carboxylic acids is 2. The van der Waals surface area contributed by atoms with E-state index in [4.69, 9.17) is 9.47 Å². The van der Waals surface area contributed by atoms with Crippen molar-refractivity contribution in [2.75, 3.05) is 24.7 Å². The Labute approximate surface area is 134 Å². The minimum Gasteiger partial charge on any atom is -0.482 e. The summed E-state index contributed by atoms with van der Waals surface area (Å²) in [5.74, 6) is -0.728. The molecule has 1 amide bonds. The molecule has 0 spiro atoms. The van der Waals surface area contributed by atoms with Crippen LogP contribution in [-0.4, -0.2) is 50.6 Å². The first-order valence-electron chi connectivity index (χ1n) is 7.13. The highest BCUT2D eigenvalue weighted by molar-refractivity contribution is 7.91. The van der Waals surface area contributed by atoms with E-state index < -0.39 is 33.9 Å². The van der Waals surface area contributed by atoms with E-state index in [1.54, 1.807) is 31.2 Å². The number of ether oxygens (including phenoxy) is 2. The van der Waals surface area contributed by atoms with Crippen molar-refractivity contribution in [2.24, 2.45) is 0 Å². The second-order valence-electron chi connectivity index (χ2n) is 5.71. The molecule has 1 heterocycles. The van der Waals surface area contributed by atoms with Gasteiger partial charge in [-0.1, -0.05) is 18.2 Å². The Morgan fingerprint density at radius 1 is 1.22 bits per heavy atom. The Balaban J connectivity index is 1.71. The topological polar surface area (TPSA) is 98.8 Å². The van der Waals surface area contributed by atoms with Crippen LogP contribution in [0.4, 0.5) is 0 Å². The summed E-state index contributed by atoms with van der Waals surface area (Å²) in [5, 5.41) is 2.60. The number of para-hydroxylation sites is 1. The number of sulfone groups is 1. The molecule has 2 rings (SSSR count). The van der Waals surface area contributed by atoms with E-state index in [1.807, 2.05) is 6.07 Å². The average molecular weight is 341 g/mol. The molecular formula is C15H19NO6S. The quantitative estimate of drug-likeness (QED) is 0.747. The lowest BCUT2D eigenvalue weighted by Gasteiger charge is -2.23. The molecule has 1 aliphatic rings. The maximum absolute atomic E-state index is 11.8. The summed E-state index contributed by atoms with van der Waals surface area (Å²) in [7, 11) is -3.11. The van der Waals surface area contributed by atoms with Crippen LogP contribution in [0.1, 0.15) is 13.3 Å². The number of esters is 1. The minimum atomic E-state index is -3.11. The van der Waals surface area contributed by atoms with Crippen molar-refractivity contribution in [3.8, 4) is 5.75 Å². The van der Waals surface area contributed by atoms with Crippen LogP contribution in [0, 0.1) is 0 Å². The number of carbonyl (C=O) groups is 2. The standard InChI is InChI=1S/C15H19NO6S/c1-15(7-8-23(19,20)11-15)16-13(17)9-22-14(18)10-21-12-5-3-2-4-6-12/h2-6H,7-11H2,1H3,(H,16,17)/t15-/m1/s1. The molecule has 1 saturated heterocycles. The third kappa shape index (κ3) is 5.55. The van der Waals surface area contributed by atoms with E-state index in [-0.39, 0.29) is 18.1 Å². The molecule has 1 N–H and O–H groups in total. The predicted molar refractivity (Wildman–Crippen MR) is 82.7 cm³/mol. The normalized spacial score (nSPS) is 22.3. The average Bonchev–Trinajstić information content (AvgIpc) is 2.77. The molecule has 1 fully saturated rings. The first-order chi connectivity index (χ1) is 10.8. The zero-order valence-electron chi connectivity index (χ0n) is 12.8. The summed E-state index contributed by atoms with van der Waals surface area (Å²) in [4.78, 5) is 23.3. The van der Waals surface area contributed by atoms with Gasteiger partial charge in [0.2, 0.25) is 0 Å². The lowest BCUT2D eigenvalue weighted by molar-refractivity contribution is -0.150. The monoisotopic (exact) mass is 341 g/mol. The van der Waals surface area contributed by atoms with Gasteiger partial charge < -0.3 is 14.8 Å². The van der Waals surface area contributed by atoms with Crippen molar-refractivity contribution in [1.82, 2.24) is 5.32 Å². The fourth-order valence-corrected chi connectivity index (χ4v) is 4.42. The SMILES string of the molecule is C[C@@]1(NC(=O)COC(=O)COc2ccccc2)CCS(=O)(=O)C1. The maximum Gasteiger partial charge on any atom is 0.344 e. The molecular weight excluding hydrogens is 322 g/mol. The van der Waals surface area contributed by atoms with E-state index in [0.29, 0.717) is 12.2 Å². The molecule has 0 radical (unpaired) electrons. The summed E-state index contributed by atoms with van der Waals surface area (Å²) >= 11 is 0. The number of amides is 1.